The molecule has 94 valence electrons. The molecule has 1 aliphatic rings. The molecule has 0 bridgehead atoms. The fourth-order valence-corrected chi connectivity index (χ4v) is 2.32. The second kappa shape index (κ2) is 4.99. The van der Waals surface area contributed by atoms with Crippen molar-refractivity contribution in [2.75, 3.05) is 13.2 Å². The van der Waals surface area contributed by atoms with E-state index in [1.165, 1.54) is 0 Å². The molecule has 2 heterocycles. The summed E-state index contributed by atoms with van der Waals surface area (Å²) in [6.07, 6.45) is 2.48. The molecule has 0 spiro atoms. The summed E-state index contributed by atoms with van der Waals surface area (Å²) >= 11 is 5.33. The van der Waals surface area contributed by atoms with Gasteiger partial charge in [-0.15, -0.1) is 5.10 Å². The Hall–Kier alpha value is -1.53. The van der Waals surface area contributed by atoms with Crippen molar-refractivity contribution in [3.05, 3.63) is 24.3 Å². The van der Waals surface area contributed by atoms with Crippen molar-refractivity contribution in [1.29, 1.82) is 0 Å². The first kappa shape index (κ1) is 11.6. The van der Waals surface area contributed by atoms with Crippen molar-refractivity contribution in [2.24, 2.45) is 0 Å². The first-order chi connectivity index (χ1) is 8.84. The number of fused-ring (bicyclic) bond motifs is 1. The van der Waals surface area contributed by atoms with E-state index in [4.69, 9.17) is 17.0 Å². The molecule has 0 aliphatic carbocycles. The van der Waals surface area contributed by atoms with E-state index < -0.39 is 0 Å². The van der Waals surface area contributed by atoms with Gasteiger partial charge in [-0.3, -0.25) is 0 Å². The van der Waals surface area contributed by atoms with E-state index in [1.54, 1.807) is 4.68 Å². The summed E-state index contributed by atoms with van der Waals surface area (Å²) in [5.74, 6) is 0. The number of hydrogen-bond donors (Lipinski definition) is 1. The molecule has 1 atom stereocenters. The van der Waals surface area contributed by atoms with Crippen LogP contribution < -0.4 is 5.32 Å². The lowest BCUT2D eigenvalue weighted by Gasteiger charge is -2.12. The predicted molar refractivity (Wildman–Crippen MR) is 72.5 cm³/mol. The van der Waals surface area contributed by atoms with Crippen LogP contribution in [0.5, 0.6) is 0 Å². The average Bonchev–Trinajstić information content (AvgIpc) is 3.05. The zero-order valence-electron chi connectivity index (χ0n) is 9.87. The van der Waals surface area contributed by atoms with Gasteiger partial charge in [-0.25, -0.2) is 0 Å². The highest BCUT2D eigenvalue weighted by atomic mass is 32.1. The molecular formula is C12H14N4OS. The van der Waals surface area contributed by atoms with Crippen molar-refractivity contribution in [3.8, 4) is 0 Å². The molecule has 1 saturated heterocycles. The largest absolute Gasteiger partial charge is 0.376 e. The van der Waals surface area contributed by atoms with Gasteiger partial charge in [0.05, 0.1) is 11.6 Å². The number of nitrogens with zero attached hydrogens (tertiary/aromatic N) is 3. The van der Waals surface area contributed by atoms with E-state index >= 15 is 0 Å². The van der Waals surface area contributed by atoms with E-state index in [2.05, 4.69) is 15.6 Å². The number of benzene rings is 1. The fraction of sp³-hybridized carbons (Fsp3) is 0.417. The summed E-state index contributed by atoms with van der Waals surface area (Å²) in [6, 6.07) is 7.76. The van der Waals surface area contributed by atoms with Crippen molar-refractivity contribution < 1.29 is 4.74 Å². The Morgan fingerprint density at radius 3 is 3.22 bits per heavy atom. The minimum atomic E-state index is 0.262. The Morgan fingerprint density at radius 1 is 1.50 bits per heavy atom. The van der Waals surface area contributed by atoms with E-state index in [0.717, 1.165) is 37.0 Å². The van der Waals surface area contributed by atoms with Crippen LogP contribution in [0.25, 0.3) is 11.0 Å². The van der Waals surface area contributed by atoms with Crippen LogP contribution >= 0.6 is 12.2 Å². The zero-order chi connectivity index (χ0) is 12.4. The summed E-state index contributed by atoms with van der Waals surface area (Å²) in [5, 5.41) is 11.9. The molecule has 1 aromatic carbocycles. The smallest absolute Gasteiger partial charge is 0.196 e. The van der Waals surface area contributed by atoms with Gasteiger partial charge in [-0.2, -0.15) is 4.68 Å². The molecule has 3 rings (SSSR count). The van der Waals surface area contributed by atoms with E-state index in [0.29, 0.717) is 5.11 Å². The lowest BCUT2D eigenvalue weighted by atomic mass is 10.2. The molecule has 1 fully saturated rings. The van der Waals surface area contributed by atoms with Crippen LogP contribution in [0.3, 0.4) is 0 Å². The summed E-state index contributed by atoms with van der Waals surface area (Å²) in [7, 11) is 0. The number of ether oxygens (including phenoxy) is 1. The Morgan fingerprint density at radius 2 is 2.39 bits per heavy atom. The van der Waals surface area contributed by atoms with Gasteiger partial charge < -0.3 is 10.1 Å². The first-order valence-electron chi connectivity index (χ1n) is 6.05. The van der Waals surface area contributed by atoms with Crippen LogP contribution in [0, 0.1) is 0 Å². The Kier molecular flexibility index (Phi) is 3.21. The normalized spacial score (nSPS) is 19.2. The minimum absolute atomic E-state index is 0.262. The second-order valence-electron chi connectivity index (χ2n) is 4.31. The molecule has 0 unspecified atom stereocenters. The number of para-hydroxylation sites is 1. The van der Waals surface area contributed by atoms with Gasteiger partial charge in [-0.05, 0) is 37.2 Å². The Labute approximate surface area is 110 Å². The standard InChI is InChI=1S/C12H14N4OS/c18-12(13-8-9-4-3-7-17-9)16-11-6-2-1-5-10(11)14-15-16/h1-2,5-6,9H,3-4,7-8H2,(H,13,18)/t9-/m1/s1. The highest BCUT2D eigenvalue weighted by Crippen LogP contribution is 2.11. The summed E-state index contributed by atoms with van der Waals surface area (Å²) in [5.41, 5.74) is 1.76. The lowest BCUT2D eigenvalue weighted by molar-refractivity contribution is 0.114. The van der Waals surface area contributed by atoms with Crippen LogP contribution in [0.2, 0.25) is 0 Å². The summed E-state index contributed by atoms with van der Waals surface area (Å²) < 4.78 is 7.19. The van der Waals surface area contributed by atoms with Crippen molar-refractivity contribution in [1.82, 2.24) is 20.3 Å². The average molecular weight is 262 g/mol. The van der Waals surface area contributed by atoms with Gasteiger partial charge in [0.2, 0.25) is 0 Å². The molecule has 1 aliphatic heterocycles. The van der Waals surface area contributed by atoms with E-state index in [9.17, 15) is 0 Å². The monoisotopic (exact) mass is 262 g/mol. The van der Waals surface area contributed by atoms with E-state index in [1.807, 2.05) is 24.3 Å². The van der Waals surface area contributed by atoms with Crippen LogP contribution in [0.4, 0.5) is 0 Å². The van der Waals surface area contributed by atoms with Gasteiger partial charge in [-0.1, -0.05) is 17.3 Å². The molecule has 2 aromatic rings. The number of aromatic nitrogens is 3. The molecule has 0 saturated carbocycles. The number of nitrogens with one attached hydrogen (secondary N) is 1. The van der Waals surface area contributed by atoms with Crippen LogP contribution in [-0.2, 0) is 4.74 Å². The number of rotatable bonds is 2. The third-order valence-electron chi connectivity index (χ3n) is 3.05. The molecule has 0 amide bonds. The summed E-state index contributed by atoms with van der Waals surface area (Å²) in [4.78, 5) is 0. The maximum absolute atomic E-state index is 5.54. The maximum Gasteiger partial charge on any atom is 0.196 e. The third-order valence-corrected chi connectivity index (χ3v) is 3.37. The fourth-order valence-electron chi connectivity index (χ4n) is 2.10. The third kappa shape index (κ3) is 2.21. The second-order valence-corrected chi connectivity index (χ2v) is 4.70. The lowest BCUT2D eigenvalue weighted by Crippen LogP contribution is -2.35. The highest BCUT2D eigenvalue weighted by molar-refractivity contribution is 7.80. The van der Waals surface area contributed by atoms with Gasteiger partial charge in [0.25, 0.3) is 0 Å². The number of hydrogen-bond acceptors (Lipinski definition) is 4. The zero-order valence-corrected chi connectivity index (χ0v) is 10.7. The maximum atomic E-state index is 5.54. The molecule has 6 heteroatoms. The highest BCUT2D eigenvalue weighted by Gasteiger charge is 2.16. The quantitative estimate of drug-likeness (QED) is 0.828. The topological polar surface area (TPSA) is 52.0 Å². The predicted octanol–water partition coefficient (Wildman–Crippen LogP) is 1.33. The molecule has 18 heavy (non-hydrogen) atoms. The number of thiocarbonyl (C=S) groups is 1. The summed E-state index contributed by atoms with van der Waals surface area (Å²) in [6.45, 7) is 1.58. The van der Waals surface area contributed by atoms with Gasteiger partial charge in [0.15, 0.2) is 5.11 Å². The van der Waals surface area contributed by atoms with Crippen molar-refractivity contribution >= 4 is 28.4 Å². The van der Waals surface area contributed by atoms with Crippen LogP contribution in [0.1, 0.15) is 12.8 Å². The van der Waals surface area contributed by atoms with Gasteiger partial charge >= 0.3 is 0 Å². The van der Waals surface area contributed by atoms with Crippen molar-refractivity contribution in [3.63, 3.8) is 0 Å². The molecule has 1 N–H and O–H groups in total. The Bertz CT molecular complexity index is 562. The first-order valence-corrected chi connectivity index (χ1v) is 6.45. The van der Waals surface area contributed by atoms with Gasteiger partial charge in [0, 0.05) is 13.2 Å². The molecule has 5 nitrogen and oxygen atoms in total. The Balaban J connectivity index is 1.71. The SMILES string of the molecule is S=C(NC[C@H]1CCCO1)n1nnc2ccccc21. The van der Waals surface area contributed by atoms with Crippen LogP contribution in [0.15, 0.2) is 24.3 Å². The van der Waals surface area contributed by atoms with Gasteiger partial charge in [0.1, 0.15) is 5.52 Å². The van der Waals surface area contributed by atoms with Crippen LogP contribution in [-0.4, -0.2) is 39.4 Å². The molecule has 1 aromatic heterocycles. The van der Waals surface area contributed by atoms with Crippen molar-refractivity contribution in [2.45, 2.75) is 18.9 Å². The molecule has 0 radical (unpaired) electrons. The minimum Gasteiger partial charge on any atom is -0.376 e. The molecular weight excluding hydrogens is 248 g/mol. The van der Waals surface area contributed by atoms with E-state index in [-0.39, 0.29) is 6.10 Å².